The van der Waals surface area contributed by atoms with Crippen LogP contribution in [-0.4, -0.2) is 11.7 Å². The predicted octanol–water partition coefficient (Wildman–Crippen LogP) is 8.54. The zero-order valence-corrected chi connectivity index (χ0v) is 22.2. The Morgan fingerprint density at radius 3 is 2.31 bits per heavy atom. The molecule has 35 heavy (non-hydrogen) atoms. The van der Waals surface area contributed by atoms with Crippen LogP contribution in [0.4, 0.5) is 5.69 Å². The molecule has 0 atom stereocenters. The molecule has 1 amide bonds. The van der Waals surface area contributed by atoms with Crippen molar-refractivity contribution >= 4 is 17.4 Å². The summed E-state index contributed by atoms with van der Waals surface area (Å²) in [6, 6.07) is 6.14. The SMILES string of the molecule is C/C=C\C1CCC(c2ccc(C(=O)C3CC4(CCC4)C3)cc2NC(=O)C2=CC=C(C)C2)CC1.CC. The number of Topliss-reactive ketones (excluding diaryl/α,β-unsaturated/α-hetero) is 1. The molecule has 4 aliphatic rings. The van der Waals surface area contributed by atoms with Crippen LogP contribution in [0.15, 0.2) is 53.6 Å². The van der Waals surface area contributed by atoms with Crippen LogP contribution in [0.2, 0.25) is 0 Å². The standard InChI is InChI=1S/C30H37NO2.C2H6/c1-3-5-21-7-10-22(11-8-21)26-13-12-23(28(32)25-18-30(19-25)14-4-15-30)17-27(26)31-29(33)24-9-6-20(2)16-24;1-2/h3,5-6,9,12-13,17,21-22,25H,4,7-8,10-11,14-16,18-19H2,1-2H3,(H,31,33);1-2H3/b5-3-;. The highest BCUT2D eigenvalue weighted by molar-refractivity contribution is 6.06. The molecule has 3 heteroatoms. The molecule has 4 aliphatic carbocycles. The number of allylic oxidation sites excluding steroid dienone is 5. The molecular formula is C32H43NO2. The first kappa shape index (κ1) is 25.7. The van der Waals surface area contributed by atoms with E-state index in [-0.39, 0.29) is 17.6 Å². The van der Waals surface area contributed by atoms with E-state index in [0.717, 1.165) is 42.5 Å². The first-order valence-corrected chi connectivity index (χ1v) is 13.9. The van der Waals surface area contributed by atoms with Crippen molar-refractivity contribution in [1.82, 2.24) is 0 Å². The molecule has 188 valence electrons. The van der Waals surface area contributed by atoms with Crippen molar-refractivity contribution in [2.24, 2.45) is 17.3 Å². The first-order valence-electron chi connectivity index (χ1n) is 13.9. The third kappa shape index (κ3) is 5.55. The average molecular weight is 474 g/mol. The highest BCUT2D eigenvalue weighted by atomic mass is 16.1. The van der Waals surface area contributed by atoms with Crippen LogP contribution in [0.1, 0.15) is 114 Å². The molecule has 1 N–H and O–H groups in total. The fourth-order valence-corrected chi connectivity index (χ4v) is 6.58. The number of nitrogens with one attached hydrogen (secondary N) is 1. The summed E-state index contributed by atoms with van der Waals surface area (Å²) in [4.78, 5) is 26.3. The summed E-state index contributed by atoms with van der Waals surface area (Å²) in [5.74, 6) is 1.50. The minimum atomic E-state index is -0.0337. The number of anilines is 1. The van der Waals surface area contributed by atoms with E-state index in [1.807, 2.05) is 38.1 Å². The van der Waals surface area contributed by atoms with Crippen molar-refractivity contribution < 1.29 is 9.59 Å². The van der Waals surface area contributed by atoms with Gasteiger partial charge in [-0.2, -0.15) is 0 Å². The third-order valence-corrected chi connectivity index (χ3v) is 8.74. The number of carbonyl (C=O) groups is 2. The zero-order valence-electron chi connectivity index (χ0n) is 22.2. The summed E-state index contributed by atoms with van der Waals surface area (Å²) in [6.45, 7) is 8.15. The number of ketones is 1. The molecule has 3 saturated carbocycles. The fraction of sp³-hybridized carbons (Fsp3) is 0.562. The van der Waals surface area contributed by atoms with Crippen molar-refractivity contribution in [3.63, 3.8) is 0 Å². The van der Waals surface area contributed by atoms with Gasteiger partial charge >= 0.3 is 0 Å². The highest BCUT2D eigenvalue weighted by Gasteiger charge is 2.50. The molecule has 1 aromatic carbocycles. The quantitative estimate of drug-likeness (QED) is 0.332. The minimum Gasteiger partial charge on any atom is -0.322 e. The lowest BCUT2D eigenvalue weighted by Gasteiger charge is -2.53. The molecule has 5 rings (SSSR count). The molecule has 3 fully saturated rings. The maximum Gasteiger partial charge on any atom is 0.251 e. The van der Waals surface area contributed by atoms with Crippen LogP contribution in [0.5, 0.6) is 0 Å². The van der Waals surface area contributed by atoms with Crippen molar-refractivity contribution in [3.8, 4) is 0 Å². The molecule has 0 aliphatic heterocycles. The van der Waals surface area contributed by atoms with Crippen LogP contribution in [0.25, 0.3) is 0 Å². The first-order chi connectivity index (χ1) is 17.0. The molecule has 0 bridgehead atoms. The van der Waals surface area contributed by atoms with Gasteiger partial charge in [0, 0.05) is 22.7 Å². The van der Waals surface area contributed by atoms with Gasteiger partial charge < -0.3 is 5.32 Å². The zero-order chi connectivity index (χ0) is 25.0. The average Bonchev–Trinajstić information content (AvgIpc) is 3.26. The second-order valence-electron chi connectivity index (χ2n) is 11.1. The second kappa shape index (κ2) is 11.1. The molecule has 0 unspecified atom stereocenters. The van der Waals surface area contributed by atoms with Crippen molar-refractivity contribution in [2.75, 3.05) is 5.32 Å². The van der Waals surface area contributed by atoms with E-state index >= 15 is 0 Å². The highest BCUT2D eigenvalue weighted by Crippen LogP contribution is 2.59. The van der Waals surface area contributed by atoms with Gasteiger partial charge in [0.25, 0.3) is 5.91 Å². The van der Waals surface area contributed by atoms with E-state index in [4.69, 9.17) is 0 Å². The van der Waals surface area contributed by atoms with Crippen LogP contribution in [0.3, 0.4) is 0 Å². The summed E-state index contributed by atoms with van der Waals surface area (Å²) < 4.78 is 0. The monoisotopic (exact) mass is 473 g/mol. The number of benzene rings is 1. The van der Waals surface area contributed by atoms with Gasteiger partial charge in [-0.05, 0) is 101 Å². The summed E-state index contributed by atoms with van der Waals surface area (Å²) in [5, 5.41) is 3.21. The molecule has 0 heterocycles. The smallest absolute Gasteiger partial charge is 0.251 e. The molecule has 1 spiro atoms. The molecule has 0 saturated heterocycles. The molecular weight excluding hydrogens is 430 g/mol. The lowest BCUT2D eigenvalue weighted by atomic mass is 9.51. The lowest BCUT2D eigenvalue weighted by Crippen LogP contribution is -2.45. The Kier molecular flexibility index (Phi) is 8.14. The number of carbonyl (C=O) groups excluding carboxylic acids is 2. The summed E-state index contributed by atoms with van der Waals surface area (Å²) >= 11 is 0. The van der Waals surface area contributed by atoms with E-state index in [1.54, 1.807) is 0 Å². The fourth-order valence-electron chi connectivity index (χ4n) is 6.58. The number of rotatable bonds is 6. The third-order valence-electron chi connectivity index (χ3n) is 8.74. The van der Waals surface area contributed by atoms with Gasteiger partial charge in [-0.1, -0.05) is 62.3 Å². The number of amides is 1. The van der Waals surface area contributed by atoms with E-state index in [9.17, 15) is 9.59 Å². The second-order valence-corrected chi connectivity index (χ2v) is 11.1. The maximum atomic E-state index is 13.3. The lowest BCUT2D eigenvalue weighted by molar-refractivity contribution is -0.112. The summed E-state index contributed by atoms with van der Waals surface area (Å²) in [5.41, 5.74) is 5.32. The Labute approximate surface area is 212 Å². The maximum absolute atomic E-state index is 13.3. The van der Waals surface area contributed by atoms with Gasteiger partial charge in [-0.25, -0.2) is 0 Å². The minimum absolute atomic E-state index is 0.0337. The Hall–Kier alpha value is -2.42. The molecule has 1 aromatic rings. The number of hydrogen-bond donors (Lipinski definition) is 1. The Morgan fingerprint density at radius 1 is 1.03 bits per heavy atom. The van der Waals surface area contributed by atoms with Crippen molar-refractivity contribution in [3.05, 3.63) is 64.8 Å². The Bertz CT molecular complexity index is 1020. The van der Waals surface area contributed by atoms with E-state index < -0.39 is 0 Å². The van der Waals surface area contributed by atoms with Crippen LogP contribution in [0, 0.1) is 17.3 Å². The van der Waals surface area contributed by atoms with Gasteiger partial charge in [0.05, 0.1) is 0 Å². The van der Waals surface area contributed by atoms with Gasteiger partial charge in [0.2, 0.25) is 0 Å². The number of hydrogen-bond acceptors (Lipinski definition) is 2. The van der Waals surface area contributed by atoms with E-state index in [1.165, 1.54) is 43.2 Å². The molecule has 0 aromatic heterocycles. The Balaban J connectivity index is 0.00000141. The van der Waals surface area contributed by atoms with Gasteiger partial charge in [0.1, 0.15) is 0 Å². The van der Waals surface area contributed by atoms with Gasteiger partial charge in [-0.3, -0.25) is 9.59 Å². The Morgan fingerprint density at radius 2 is 1.74 bits per heavy atom. The predicted molar refractivity (Wildman–Crippen MR) is 146 cm³/mol. The van der Waals surface area contributed by atoms with Gasteiger partial charge in [0.15, 0.2) is 5.78 Å². The summed E-state index contributed by atoms with van der Waals surface area (Å²) in [7, 11) is 0. The van der Waals surface area contributed by atoms with Crippen LogP contribution >= 0.6 is 0 Å². The molecule has 0 radical (unpaired) electrons. The van der Waals surface area contributed by atoms with Crippen molar-refractivity contribution in [1.29, 1.82) is 0 Å². The van der Waals surface area contributed by atoms with Crippen molar-refractivity contribution in [2.45, 2.75) is 97.8 Å². The van der Waals surface area contributed by atoms with Gasteiger partial charge in [-0.15, -0.1) is 0 Å². The normalized spacial score (nSPS) is 25.1. The largest absolute Gasteiger partial charge is 0.322 e. The summed E-state index contributed by atoms with van der Waals surface area (Å²) in [6.07, 6.45) is 19.8. The molecule has 3 nitrogen and oxygen atoms in total. The van der Waals surface area contributed by atoms with E-state index in [2.05, 4.69) is 37.4 Å². The van der Waals surface area contributed by atoms with Crippen LogP contribution < -0.4 is 5.32 Å². The topological polar surface area (TPSA) is 46.2 Å². The van der Waals surface area contributed by atoms with E-state index in [0.29, 0.717) is 23.7 Å². The van der Waals surface area contributed by atoms with Crippen LogP contribution in [-0.2, 0) is 4.79 Å².